The van der Waals surface area contributed by atoms with Gasteiger partial charge in [0.2, 0.25) is 0 Å². The molecule has 3 nitrogen and oxygen atoms in total. The summed E-state index contributed by atoms with van der Waals surface area (Å²) in [5.41, 5.74) is -0.0920. The fourth-order valence-corrected chi connectivity index (χ4v) is 2.30. The molecule has 0 amide bonds. The molecule has 0 saturated heterocycles. The second-order valence-electron chi connectivity index (χ2n) is 6.38. The summed E-state index contributed by atoms with van der Waals surface area (Å²) >= 11 is 0. The molecule has 116 valence electrons. The summed E-state index contributed by atoms with van der Waals surface area (Å²) in [6.07, 6.45) is 5.83. The van der Waals surface area contributed by atoms with Crippen molar-refractivity contribution in [3.8, 4) is 0 Å². The van der Waals surface area contributed by atoms with Gasteiger partial charge < -0.3 is 15.3 Å². The van der Waals surface area contributed by atoms with Crippen LogP contribution < -0.4 is 5.32 Å². The molecule has 0 spiro atoms. The predicted octanol–water partition coefficient (Wildman–Crippen LogP) is 2.89. The molecule has 0 saturated carbocycles. The minimum absolute atomic E-state index is 0.0920. The molecule has 19 heavy (non-hydrogen) atoms. The minimum Gasteiger partial charge on any atom is -0.394 e. The zero-order valence-electron chi connectivity index (χ0n) is 13.8. The number of hydrogen-bond acceptors (Lipinski definition) is 3. The molecule has 0 aromatic carbocycles. The van der Waals surface area contributed by atoms with E-state index in [2.05, 4.69) is 45.0 Å². The third-order valence-electron chi connectivity index (χ3n) is 3.99. The Hall–Kier alpha value is -0.120. The quantitative estimate of drug-likeness (QED) is 0.536. The maximum atomic E-state index is 9.50. The van der Waals surface area contributed by atoms with Crippen LogP contribution in [0.15, 0.2) is 0 Å². The Bertz CT molecular complexity index is 211. The summed E-state index contributed by atoms with van der Waals surface area (Å²) in [4.78, 5) is 2.43. The molecular weight excluding hydrogens is 236 g/mol. The van der Waals surface area contributed by atoms with E-state index in [1.807, 2.05) is 0 Å². The van der Waals surface area contributed by atoms with Gasteiger partial charge in [-0.3, -0.25) is 0 Å². The summed E-state index contributed by atoms with van der Waals surface area (Å²) in [5.74, 6) is 0.791. The van der Waals surface area contributed by atoms with E-state index in [1.54, 1.807) is 0 Å². The van der Waals surface area contributed by atoms with Crippen molar-refractivity contribution in [1.29, 1.82) is 0 Å². The highest BCUT2D eigenvalue weighted by Gasteiger charge is 2.21. The van der Waals surface area contributed by atoms with Crippen LogP contribution in [0.4, 0.5) is 0 Å². The van der Waals surface area contributed by atoms with E-state index in [4.69, 9.17) is 0 Å². The van der Waals surface area contributed by atoms with E-state index in [0.29, 0.717) is 0 Å². The Labute approximate surface area is 120 Å². The van der Waals surface area contributed by atoms with Gasteiger partial charge >= 0.3 is 0 Å². The van der Waals surface area contributed by atoms with E-state index in [0.717, 1.165) is 25.3 Å². The summed E-state index contributed by atoms with van der Waals surface area (Å²) in [6.45, 7) is 12.4. The molecule has 0 radical (unpaired) electrons. The SMILES string of the molecule is CCCNC(C)(CO)CCCCN(C)CC(C)CC. The van der Waals surface area contributed by atoms with Crippen molar-refractivity contribution >= 4 is 0 Å². The first kappa shape index (κ1) is 18.9. The first-order valence-electron chi connectivity index (χ1n) is 8.01. The van der Waals surface area contributed by atoms with Gasteiger partial charge in [-0.1, -0.05) is 33.6 Å². The van der Waals surface area contributed by atoms with Gasteiger partial charge in [-0.25, -0.2) is 0 Å². The summed E-state index contributed by atoms with van der Waals surface area (Å²) in [7, 11) is 2.22. The van der Waals surface area contributed by atoms with E-state index >= 15 is 0 Å². The van der Waals surface area contributed by atoms with Crippen molar-refractivity contribution < 1.29 is 5.11 Å². The van der Waals surface area contributed by atoms with Gasteiger partial charge in [-0.15, -0.1) is 0 Å². The maximum Gasteiger partial charge on any atom is 0.0610 e. The Kier molecular flexibility index (Phi) is 10.6. The maximum absolute atomic E-state index is 9.50. The van der Waals surface area contributed by atoms with Crippen LogP contribution in [0.1, 0.15) is 59.8 Å². The molecule has 0 aliphatic heterocycles. The third kappa shape index (κ3) is 9.42. The topological polar surface area (TPSA) is 35.5 Å². The lowest BCUT2D eigenvalue weighted by Crippen LogP contribution is -2.46. The van der Waals surface area contributed by atoms with Crippen molar-refractivity contribution in [2.45, 2.75) is 65.3 Å². The zero-order chi connectivity index (χ0) is 14.7. The number of nitrogens with one attached hydrogen (secondary N) is 1. The van der Waals surface area contributed by atoms with E-state index < -0.39 is 0 Å². The molecular formula is C16H36N2O. The van der Waals surface area contributed by atoms with Crippen LogP contribution in [0.3, 0.4) is 0 Å². The van der Waals surface area contributed by atoms with Crippen LogP contribution in [0.25, 0.3) is 0 Å². The standard InChI is InChI=1S/C16H36N2O/c1-6-11-17-16(4,14-19)10-8-9-12-18(5)13-15(3)7-2/h15,17,19H,6-14H2,1-5H3. The molecule has 0 fully saturated rings. The van der Waals surface area contributed by atoms with Crippen LogP contribution >= 0.6 is 0 Å². The molecule has 2 N–H and O–H groups in total. The summed E-state index contributed by atoms with van der Waals surface area (Å²) in [6, 6.07) is 0. The molecule has 0 aromatic heterocycles. The number of aliphatic hydroxyl groups excluding tert-OH is 1. The third-order valence-corrected chi connectivity index (χ3v) is 3.99. The minimum atomic E-state index is -0.0920. The Morgan fingerprint density at radius 1 is 1.26 bits per heavy atom. The average molecular weight is 272 g/mol. The molecule has 2 unspecified atom stereocenters. The highest BCUT2D eigenvalue weighted by Crippen LogP contribution is 2.14. The molecule has 0 rings (SSSR count). The molecule has 0 aliphatic carbocycles. The van der Waals surface area contributed by atoms with E-state index in [-0.39, 0.29) is 12.1 Å². The van der Waals surface area contributed by atoms with Crippen molar-refractivity contribution in [2.75, 3.05) is 33.3 Å². The molecule has 0 heterocycles. The largest absolute Gasteiger partial charge is 0.394 e. The van der Waals surface area contributed by atoms with Crippen LogP contribution in [-0.4, -0.2) is 48.8 Å². The van der Waals surface area contributed by atoms with Gasteiger partial charge in [-0.05, 0) is 52.2 Å². The van der Waals surface area contributed by atoms with Crippen LogP contribution in [-0.2, 0) is 0 Å². The van der Waals surface area contributed by atoms with Crippen LogP contribution in [0, 0.1) is 5.92 Å². The number of aliphatic hydroxyl groups is 1. The van der Waals surface area contributed by atoms with Gasteiger partial charge in [-0.2, -0.15) is 0 Å². The molecule has 0 bridgehead atoms. The normalized spacial score (nSPS) is 16.6. The second-order valence-corrected chi connectivity index (χ2v) is 6.38. The average Bonchev–Trinajstić information content (AvgIpc) is 2.41. The van der Waals surface area contributed by atoms with Crippen LogP contribution in [0.5, 0.6) is 0 Å². The lowest BCUT2D eigenvalue weighted by Gasteiger charge is -2.29. The van der Waals surface area contributed by atoms with Crippen LogP contribution in [0.2, 0.25) is 0 Å². The fraction of sp³-hybridized carbons (Fsp3) is 1.00. The number of unbranched alkanes of at least 4 members (excludes halogenated alkanes) is 1. The second kappa shape index (κ2) is 10.6. The zero-order valence-corrected chi connectivity index (χ0v) is 13.8. The van der Waals surface area contributed by atoms with Gasteiger partial charge in [0.1, 0.15) is 0 Å². The van der Waals surface area contributed by atoms with Crippen molar-refractivity contribution in [1.82, 2.24) is 10.2 Å². The first-order valence-corrected chi connectivity index (χ1v) is 8.01. The molecule has 3 heteroatoms. The highest BCUT2D eigenvalue weighted by atomic mass is 16.3. The molecule has 0 aromatic rings. The number of rotatable bonds is 12. The molecule has 0 aliphatic rings. The van der Waals surface area contributed by atoms with Gasteiger partial charge in [0.25, 0.3) is 0 Å². The van der Waals surface area contributed by atoms with E-state index in [1.165, 1.54) is 32.4 Å². The lowest BCUT2D eigenvalue weighted by molar-refractivity contribution is 0.161. The molecule has 2 atom stereocenters. The number of nitrogens with zero attached hydrogens (tertiary/aromatic N) is 1. The Morgan fingerprint density at radius 3 is 2.47 bits per heavy atom. The lowest BCUT2D eigenvalue weighted by atomic mass is 9.95. The fourth-order valence-electron chi connectivity index (χ4n) is 2.30. The Morgan fingerprint density at radius 2 is 1.95 bits per heavy atom. The van der Waals surface area contributed by atoms with E-state index in [9.17, 15) is 5.11 Å². The van der Waals surface area contributed by atoms with Gasteiger partial charge in [0, 0.05) is 12.1 Å². The first-order chi connectivity index (χ1) is 8.97. The van der Waals surface area contributed by atoms with Crippen molar-refractivity contribution in [2.24, 2.45) is 5.92 Å². The van der Waals surface area contributed by atoms with Crippen molar-refractivity contribution in [3.05, 3.63) is 0 Å². The number of hydrogen-bond donors (Lipinski definition) is 2. The van der Waals surface area contributed by atoms with Crippen molar-refractivity contribution in [3.63, 3.8) is 0 Å². The van der Waals surface area contributed by atoms with Gasteiger partial charge in [0.15, 0.2) is 0 Å². The predicted molar refractivity (Wildman–Crippen MR) is 84.6 cm³/mol. The highest BCUT2D eigenvalue weighted by molar-refractivity contribution is 4.81. The summed E-state index contributed by atoms with van der Waals surface area (Å²) in [5, 5.41) is 13.0. The Balaban J connectivity index is 3.76. The van der Waals surface area contributed by atoms with Gasteiger partial charge in [0.05, 0.1) is 6.61 Å². The monoisotopic (exact) mass is 272 g/mol. The summed E-state index contributed by atoms with van der Waals surface area (Å²) < 4.78 is 0. The smallest absolute Gasteiger partial charge is 0.0610 e.